The number of hydrogen-bond donors (Lipinski definition) is 2. The molecular formula is C24H25F2NO5. The van der Waals surface area contributed by atoms with E-state index in [1.807, 2.05) is 0 Å². The van der Waals surface area contributed by atoms with Crippen molar-refractivity contribution in [2.75, 3.05) is 7.11 Å². The van der Waals surface area contributed by atoms with Crippen LogP contribution in [-0.2, 0) is 16.2 Å². The predicted molar refractivity (Wildman–Crippen MR) is 114 cm³/mol. The summed E-state index contributed by atoms with van der Waals surface area (Å²) in [5, 5.41) is 12.2. The zero-order valence-electron chi connectivity index (χ0n) is 17.7. The molecule has 0 heterocycles. The second kappa shape index (κ2) is 10.3. The summed E-state index contributed by atoms with van der Waals surface area (Å²) in [6.45, 7) is 0.0163. The molecule has 0 aliphatic heterocycles. The van der Waals surface area contributed by atoms with E-state index in [2.05, 4.69) is 5.32 Å². The molecule has 2 aromatic carbocycles. The highest BCUT2D eigenvalue weighted by Crippen LogP contribution is 2.30. The molecule has 2 aromatic rings. The van der Waals surface area contributed by atoms with E-state index in [-0.39, 0.29) is 6.61 Å². The summed E-state index contributed by atoms with van der Waals surface area (Å²) < 4.78 is 37.4. The van der Waals surface area contributed by atoms with Crippen LogP contribution in [0.1, 0.15) is 43.2 Å². The quantitative estimate of drug-likeness (QED) is 0.586. The van der Waals surface area contributed by atoms with Crippen molar-refractivity contribution in [1.82, 2.24) is 5.32 Å². The maximum atomic E-state index is 13.3. The smallest absolute Gasteiger partial charge is 0.329 e. The SMILES string of the molecule is COc1cc(C=CC(=O)NC2(C(=O)O)CCCCC2)ccc1OCc1ccc(F)c(F)c1. The van der Waals surface area contributed by atoms with Crippen LogP contribution >= 0.6 is 0 Å². The molecule has 0 aromatic heterocycles. The van der Waals surface area contributed by atoms with Gasteiger partial charge in [0.2, 0.25) is 5.91 Å². The van der Waals surface area contributed by atoms with Gasteiger partial charge in [0.15, 0.2) is 23.1 Å². The lowest BCUT2D eigenvalue weighted by Crippen LogP contribution is -2.55. The molecule has 0 saturated heterocycles. The molecular weight excluding hydrogens is 420 g/mol. The van der Waals surface area contributed by atoms with E-state index < -0.39 is 29.0 Å². The fraction of sp³-hybridized carbons (Fsp3) is 0.333. The van der Waals surface area contributed by atoms with Gasteiger partial charge in [0.1, 0.15) is 12.1 Å². The van der Waals surface area contributed by atoms with E-state index in [0.717, 1.165) is 31.4 Å². The summed E-state index contributed by atoms with van der Waals surface area (Å²) in [7, 11) is 1.46. The van der Waals surface area contributed by atoms with E-state index in [0.29, 0.717) is 35.5 Å². The van der Waals surface area contributed by atoms with Crippen molar-refractivity contribution < 1.29 is 33.0 Å². The van der Waals surface area contributed by atoms with E-state index >= 15 is 0 Å². The Morgan fingerprint density at radius 3 is 2.47 bits per heavy atom. The number of halogens is 2. The predicted octanol–water partition coefficient (Wildman–Crippen LogP) is 4.47. The third kappa shape index (κ3) is 5.63. The van der Waals surface area contributed by atoms with Crippen molar-refractivity contribution in [3.63, 3.8) is 0 Å². The Bertz CT molecular complexity index is 1020. The van der Waals surface area contributed by atoms with Gasteiger partial charge in [-0.2, -0.15) is 0 Å². The molecule has 0 atom stereocenters. The number of carbonyl (C=O) groups is 2. The number of amides is 1. The lowest BCUT2D eigenvalue weighted by molar-refractivity contribution is -0.148. The number of benzene rings is 2. The van der Waals surface area contributed by atoms with Crippen molar-refractivity contribution in [2.45, 2.75) is 44.2 Å². The van der Waals surface area contributed by atoms with Crippen LogP contribution in [-0.4, -0.2) is 29.6 Å². The molecule has 1 amide bonds. The Balaban J connectivity index is 1.65. The third-order valence-electron chi connectivity index (χ3n) is 5.47. The van der Waals surface area contributed by atoms with Crippen LogP contribution in [0.4, 0.5) is 8.78 Å². The third-order valence-corrected chi connectivity index (χ3v) is 5.47. The summed E-state index contributed by atoms with van der Waals surface area (Å²) in [5.41, 5.74) is -0.110. The lowest BCUT2D eigenvalue weighted by Gasteiger charge is -2.33. The van der Waals surface area contributed by atoms with Gasteiger partial charge in [-0.3, -0.25) is 4.79 Å². The minimum absolute atomic E-state index is 0.0163. The lowest BCUT2D eigenvalue weighted by atomic mass is 9.81. The zero-order valence-corrected chi connectivity index (χ0v) is 17.7. The number of ether oxygens (including phenoxy) is 2. The first-order valence-electron chi connectivity index (χ1n) is 10.3. The summed E-state index contributed by atoms with van der Waals surface area (Å²) in [6.07, 6.45) is 6.16. The second-order valence-electron chi connectivity index (χ2n) is 7.72. The normalized spacial score (nSPS) is 15.3. The van der Waals surface area contributed by atoms with Gasteiger partial charge in [-0.05, 0) is 54.3 Å². The Hall–Kier alpha value is -3.42. The van der Waals surface area contributed by atoms with Gasteiger partial charge in [-0.25, -0.2) is 13.6 Å². The van der Waals surface area contributed by atoms with Crippen LogP contribution in [0.5, 0.6) is 11.5 Å². The molecule has 0 unspecified atom stereocenters. The molecule has 1 aliphatic carbocycles. The Kier molecular flexibility index (Phi) is 7.45. The molecule has 8 heteroatoms. The fourth-order valence-corrected chi connectivity index (χ4v) is 3.69. The van der Waals surface area contributed by atoms with E-state index in [4.69, 9.17) is 9.47 Å². The first-order valence-corrected chi connectivity index (χ1v) is 10.3. The molecule has 6 nitrogen and oxygen atoms in total. The van der Waals surface area contributed by atoms with Crippen LogP contribution in [0.25, 0.3) is 6.08 Å². The molecule has 1 aliphatic rings. The van der Waals surface area contributed by atoms with Crippen LogP contribution in [0.2, 0.25) is 0 Å². The Morgan fingerprint density at radius 2 is 1.81 bits per heavy atom. The highest BCUT2D eigenvalue weighted by atomic mass is 19.2. The molecule has 0 radical (unpaired) electrons. The molecule has 0 spiro atoms. The first-order chi connectivity index (χ1) is 15.3. The van der Waals surface area contributed by atoms with Gasteiger partial charge in [-0.15, -0.1) is 0 Å². The molecule has 1 saturated carbocycles. The van der Waals surface area contributed by atoms with Crippen molar-refractivity contribution in [1.29, 1.82) is 0 Å². The number of methoxy groups -OCH3 is 1. The van der Waals surface area contributed by atoms with Crippen LogP contribution in [0.3, 0.4) is 0 Å². The summed E-state index contributed by atoms with van der Waals surface area (Å²) in [4.78, 5) is 24.0. The molecule has 32 heavy (non-hydrogen) atoms. The van der Waals surface area contributed by atoms with Gasteiger partial charge >= 0.3 is 5.97 Å². The number of hydrogen-bond acceptors (Lipinski definition) is 4. The zero-order chi connectivity index (χ0) is 23.1. The largest absolute Gasteiger partial charge is 0.493 e. The van der Waals surface area contributed by atoms with Crippen molar-refractivity contribution >= 4 is 18.0 Å². The van der Waals surface area contributed by atoms with Gasteiger partial charge in [0.05, 0.1) is 7.11 Å². The summed E-state index contributed by atoms with van der Waals surface area (Å²) in [5.74, 6) is -2.58. The number of aliphatic carboxylic acids is 1. The molecule has 1 fully saturated rings. The topological polar surface area (TPSA) is 84.9 Å². The van der Waals surface area contributed by atoms with Gasteiger partial charge in [-0.1, -0.05) is 31.4 Å². The van der Waals surface area contributed by atoms with Crippen molar-refractivity contribution in [3.05, 3.63) is 65.2 Å². The van der Waals surface area contributed by atoms with Gasteiger partial charge in [0.25, 0.3) is 0 Å². The monoisotopic (exact) mass is 445 g/mol. The number of carboxylic acids is 1. The molecule has 3 rings (SSSR count). The van der Waals surface area contributed by atoms with Crippen molar-refractivity contribution in [3.8, 4) is 11.5 Å². The number of rotatable bonds is 8. The highest BCUT2D eigenvalue weighted by Gasteiger charge is 2.40. The van der Waals surface area contributed by atoms with E-state index in [9.17, 15) is 23.5 Å². The minimum atomic E-state index is -1.21. The average Bonchev–Trinajstić information content (AvgIpc) is 2.79. The highest BCUT2D eigenvalue weighted by molar-refractivity contribution is 5.95. The maximum absolute atomic E-state index is 13.3. The fourth-order valence-electron chi connectivity index (χ4n) is 3.69. The molecule has 2 N–H and O–H groups in total. The van der Waals surface area contributed by atoms with Gasteiger partial charge in [0, 0.05) is 6.08 Å². The van der Waals surface area contributed by atoms with Crippen LogP contribution in [0.15, 0.2) is 42.5 Å². The van der Waals surface area contributed by atoms with E-state index in [1.165, 1.54) is 19.3 Å². The molecule has 0 bridgehead atoms. The number of carbonyl (C=O) groups excluding carboxylic acids is 1. The second-order valence-corrected chi connectivity index (χ2v) is 7.72. The number of nitrogens with one attached hydrogen (secondary N) is 1. The summed E-state index contributed by atoms with van der Waals surface area (Å²) >= 11 is 0. The average molecular weight is 445 g/mol. The maximum Gasteiger partial charge on any atom is 0.329 e. The Labute approximate surface area is 184 Å². The minimum Gasteiger partial charge on any atom is -0.493 e. The van der Waals surface area contributed by atoms with Crippen molar-refractivity contribution in [2.24, 2.45) is 0 Å². The van der Waals surface area contributed by atoms with E-state index in [1.54, 1.807) is 24.3 Å². The summed E-state index contributed by atoms with van der Waals surface area (Å²) in [6, 6.07) is 8.51. The Morgan fingerprint density at radius 1 is 1.06 bits per heavy atom. The molecule has 170 valence electrons. The standard InChI is InChI=1S/C24H25F2NO5/c1-31-21-14-16(6-9-20(21)32-15-17-5-8-18(25)19(26)13-17)7-10-22(28)27-24(23(29)30)11-3-2-4-12-24/h5-10,13-14H,2-4,11-12,15H2,1H3,(H,27,28)(H,29,30). The first kappa shape index (κ1) is 23.2. The van der Waals surface area contributed by atoms with Crippen LogP contribution in [0, 0.1) is 11.6 Å². The number of carboxylic acid groups (broad SMARTS) is 1. The van der Waals surface area contributed by atoms with Crippen LogP contribution < -0.4 is 14.8 Å². The van der Waals surface area contributed by atoms with Gasteiger partial charge < -0.3 is 19.9 Å².